The Hall–Kier alpha value is -2.40. The van der Waals surface area contributed by atoms with Crippen molar-refractivity contribution in [3.63, 3.8) is 0 Å². The summed E-state index contributed by atoms with van der Waals surface area (Å²) in [5.74, 6) is 0.0854. The Morgan fingerprint density at radius 3 is 2.78 bits per heavy atom. The third kappa shape index (κ3) is 5.38. The van der Waals surface area contributed by atoms with Crippen molar-refractivity contribution in [1.29, 1.82) is 0 Å². The number of benzene rings is 2. The van der Waals surface area contributed by atoms with Crippen molar-refractivity contribution in [2.45, 2.75) is 32.4 Å². The number of hydrogen-bond acceptors (Lipinski definition) is 3. The molecule has 0 radical (unpaired) electrons. The summed E-state index contributed by atoms with van der Waals surface area (Å²) in [4.78, 5) is 11.9. The van der Waals surface area contributed by atoms with Crippen molar-refractivity contribution >= 4 is 11.6 Å². The maximum Gasteiger partial charge on any atom is 0.241 e. The van der Waals surface area contributed by atoms with E-state index in [1.165, 1.54) is 12.1 Å². The van der Waals surface area contributed by atoms with Gasteiger partial charge in [0, 0.05) is 11.8 Å². The Kier molecular flexibility index (Phi) is 6.11. The summed E-state index contributed by atoms with van der Waals surface area (Å²) in [5.41, 5.74) is 7.15. The van der Waals surface area contributed by atoms with E-state index in [1.54, 1.807) is 36.4 Å². The highest BCUT2D eigenvalue weighted by molar-refractivity contribution is 5.94. The highest BCUT2D eigenvalue weighted by atomic mass is 19.1. The van der Waals surface area contributed by atoms with Gasteiger partial charge >= 0.3 is 0 Å². The number of amides is 1. The summed E-state index contributed by atoms with van der Waals surface area (Å²) in [7, 11) is 0. The fraction of sp³-hybridized carbons (Fsp3) is 0.278. The van der Waals surface area contributed by atoms with Gasteiger partial charge in [0.2, 0.25) is 5.91 Å². The Morgan fingerprint density at radius 2 is 2.04 bits per heavy atom. The average molecular weight is 316 g/mol. The minimum Gasteiger partial charge on any atom is -0.489 e. The van der Waals surface area contributed by atoms with Gasteiger partial charge in [-0.15, -0.1) is 0 Å². The molecule has 0 aliphatic heterocycles. The summed E-state index contributed by atoms with van der Waals surface area (Å²) in [6, 6.07) is 12.8. The van der Waals surface area contributed by atoms with Crippen LogP contribution in [-0.2, 0) is 11.4 Å². The van der Waals surface area contributed by atoms with Gasteiger partial charge in [-0.3, -0.25) is 4.79 Å². The summed E-state index contributed by atoms with van der Waals surface area (Å²) in [5, 5.41) is 2.77. The maximum absolute atomic E-state index is 13.1. The summed E-state index contributed by atoms with van der Waals surface area (Å²) >= 11 is 0. The Labute approximate surface area is 135 Å². The molecule has 0 aromatic heterocycles. The first-order valence-electron chi connectivity index (χ1n) is 7.62. The molecule has 5 heteroatoms. The molecule has 1 amide bonds. The lowest BCUT2D eigenvalue weighted by Gasteiger charge is -2.12. The molecule has 1 unspecified atom stereocenters. The van der Waals surface area contributed by atoms with Gasteiger partial charge in [-0.2, -0.15) is 0 Å². The first-order chi connectivity index (χ1) is 11.1. The predicted molar refractivity (Wildman–Crippen MR) is 88.7 cm³/mol. The lowest BCUT2D eigenvalue weighted by atomic mass is 10.1. The van der Waals surface area contributed by atoms with Crippen LogP contribution in [0.25, 0.3) is 0 Å². The lowest BCUT2D eigenvalue weighted by Crippen LogP contribution is -2.35. The van der Waals surface area contributed by atoms with Crippen LogP contribution in [0.2, 0.25) is 0 Å². The van der Waals surface area contributed by atoms with Gasteiger partial charge in [0.25, 0.3) is 0 Å². The van der Waals surface area contributed by atoms with Gasteiger partial charge in [0.15, 0.2) is 0 Å². The second kappa shape index (κ2) is 8.29. The molecule has 23 heavy (non-hydrogen) atoms. The molecule has 0 aliphatic rings. The molecule has 2 rings (SSSR count). The number of carbonyl (C=O) groups excluding carboxylic acids is 1. The first kappa shape index (κ1) is 17.0. The van der Waals surface area contributed by atoms with Crippen LogP contribution in [-0.4, -0.2) is 11.9 Å². The normalized spacial score (nSPS) is 11.8. The molecule has 0 spiro atoms. The van der Waals surface area contributed by atoms with Crippen LogP contribution in [0.3, 0.4) is 0 Å². The van der Waals surface area contributed by atoms with Gasteiger partial charge in [-0.25, -0.2) is 4.39 Å². The van der Waals surface area contributed by atoms with Crippen molar-refractivity contribution in [2.75, 3.05) is 5.32 Å². The van der Waals surface area contributed by atoms with Crippen molar-refractivity contribution in [3.05, 3.63) is 59.9 Å². The van der Waals surface area contributed by atoms with E-state index in [1.807, 2.05) is 6.92 Å². The zero-order chi connectivity index (χ0) is 16.7. The molecule has 2 aromatic carbocycles. The number of rotatable bonds is 7. The van der Waals surface area contributed by atoms with Gasteiger partial charge in [0.1, 0.15) is 18.2 Å². The third-order valence-corrected chi connectivity index (χ3v) is 3.33. The fourth-order valence-corrected chi connectivity index (χ4v) is 2.13. The van der Waals surface area contributed by atoms with Crippen molar-refractivity contribution in [1.82, 2.24) is 0 Å². The molecule has 0 fully saturated rings. The second-order valence-electron chi connectivity index (χ2n) is 5.33. The van der Waals surface area contributed by atoms with Crippen LogP contribution in [0.15, 0.2) is 48.5 Å². The number of hydrogen-bond donors (Lipinski definition) is 2. The molecule has 0 heterocycles. The van der Waals surface area contributed by atoms with Gasteiger partial charge in [-0.05, 0) is 36.2 Å². The van der Waals surface area contributed by atoms with Crippen molar-refractivity contribution in [3.8, 4) is 5.75 Å². The Morgan fingerprint density at radius 1 is 1.26 bits per heavy atom. The zero-order valence-corrected chi connectivity index (χ0v) is 13.1. The monoisotopic (exact) mass is 316 g/mol. The second-order valence-corrected chi connectivity index (χ2v) is 5.33. The number of nitrogens with one attached hydrogen (secondary N) is 1. The number of ether oxygens (including phenoxy) is 1. The van der Waals surface area contributed by atoms with E-state index < -0.39 is 6.04 Å². The van der Waals surface area contributed by atoms with Gasteiger partial charge < -0.3 is 15.8 Å². The molecule has 0 bridgehead atoms. The van der Waals surface area contributed by atoms with Crippen molar-refractivity contribution in [2.24, 2.45) is 5.73 Å². The molecule has 1 atom stereocenters. The highest BCUT2D eigenvalue weighted by Gasteiger charge is 2.12. The zero-order valence-electron chi connectivity index (χ0n) is 13.1. The molecular weight excluding hydrogens is 295 g/mol. The molecule has 2 aromatic rings. The van der Waals surface area contributed by atoms with E-state index in [0.717, 1.165) is 12.0 Å². The molecule has 0 aliphatic carbocycles. The molecule has 3 N–H and O–H groups in total. The molecular formula is C18H21FN2O2. The van der Waals surface area contributed by atoms with Gasteiger partial charge in [-0.1, -0.05) is 31.5 Å². The molecule has 4 nitrogen and oxygen atoms in total. The van der Waals surface area contributed by atoms with E-state index in [4.69, 9.17) is 10.5 Å². The number of carbonyl (C=O) groups is 1. The van der Waals surface area contributed by atoms with E-state index in [9.17, 15) is 9.18 Å². The van der Waals surface area contributed by atoms with E-state index in [-0.39, 0.29) is 18.3 Å². The first-order valence-corrected chi connectivity index (χ1v) is 7.62. The molecule has 0 saturated carbocycles. The lowest BCUT2D eigenvalue weighted by molar-refractivity contribution is -0.117. The quantitative estimate of drug-likeness (QED) is 0.822. The van der Waals surface area contributed by atoms with Crippen LogP contribution < -0.4 is 15.8 Å². The summed E-state index contributed by atoms with van der Waals surface area (Å²) in [6.45, 7) is 2.23. The highest BCUT2D eigenvalue weighted by Crippen LogP contribution is 2.19. The minimum atomic E-state index is -0.517. The third-order valence-electron chi connectivity index (χ3n) is 3.33. The Bertz CT molecular complexity index is 661. The summed E-state index contributed by atoms with van der Waals surface area (Å²) in [6.07, 6.45) is 1.49. The number of anilines is 1. The van der Waals surface area contributed by atoms with Gasteiger partial charge in [0.05, 0.1) is 6.04 Å². The standard InChI is InChI=1S/C18H21FN2O2/c1-2-5-17(20)18(22)21-15-8-4-9-16(11-15)23-12-13-6-3-7-14(19)10-13/h3-4,6-11,17H,2,5,12,20H2,1H3,(H,21,22). The smallest absolute Gasteiger partial charge is 0.241 e. The van der Waals surface area contributed by atoms with E-state index >= 15 is 0 Å². The average Bonchev–Trinajstić information content (AvgIpc) is 2.53. The number of nitrogens with two attached hydrogens (primary N) is 1. The molecule has 0 saturated heterocycles. The minimum absolute atomic E-state index is 0.214. The largest absolute Gasteiger partial charge is 0.489 e. The SMILES string of the molecule is CCCC(N)C(=O)Nc1cccc(OCc2cccc(F)c2)c1. The van der Waals surface area contributed by atoms with Crippen LogP contribution in [0.5, 0.6) is 5.75 Å². The summed E-state index contributed by atoms with van der Waals surface area (Å²) < 4.78 is 18.8. The molecule has 122 valence electrons. The predicted octanol–water partition coefficient (Wildman–Crippen LogP) is 3.47. The fourth-order valence-electron chi connectivity index (χ4n) is 2.13. The Balaban J connectivity index is 1.95. The van der Waals surface area contributed by atoms with Crippen LogP contribution in [0, 0.1) is 5.82 Å². The maximum atomic E-state index is 13.1. The van der Waals surface area contributed by atoms with Crippen LogP contribution >= 0.6 is 0 Å². The number of halogens is 1. The van der Waals surface area contributed by atoms with Crippen molar-refractivity contribution < 1.29 is 13.9 Å². The van der Waals surface area contributed by atoms with E-state index in [0.29, 0.717) is 17.9 Å². The topological polar surface area (TPSA) is 64.4 Å². The van der Waals surface area contributed by atoms with E-state index in [2.05, 4.69) is 5.32 Å². The van der Waals surface area contributed by atoms with Crippen LogP contribution in [0.1, 0.15) is 25.3 Å². The van der Waals surface area contributed by atoms with Crippen LogP contribution in [0.4, 0.5) is 10.1 Å².